The molecule has 0 aromatic carbocycles. The molecule has 3 atom stereocenters. The van der Waals surface area contributed by atoms with E-state index in [4.69, 9.17) is 10.6 Å². The summed E-state index contributed by atoms with van der Waals surface area (Å²) in [5.74, 6) is 6.14. The molecule has 3 N–H and O–H groups in total. The largest absolute Gasteiger partial charge is 0.377 e. The molecule has 0 saturated carbocycles. The normalized spacial score (nSPS) is 28.4. The standard InChI is InChI=1S/C10H22N2O/c1-3-8(2)10(12-11)9-6-4-5-7-13-9/h8-10,12H,3-7,11H2,1-2H3. The van der Waals surface area contributed by atoms with Crippen molar-refractivity contribution in [3.63, 3.8) is 0 Å². The van der Waals surface area contributed by atoms with Crippen LogP contribution in [0.4, 0.5) is 0 Å². The average Bonchev–Trinajstić information content (AvgIpc) is 2.20. The molecule has 3 nitrogen and oxygen atoms in total. The van der Waals surface area contributed by atoms with Crippen molar-refractivity contribution in [1.82, 2.24) is 5.43 Å². The summed E-state index contributed by atoms with van der Waals surface area (Å²) in [5.41, 5.74) is 2.90. The van der Waals surface area contributed by atoms with Crippen molar-refractivity contribution in [2.75, 3.05) is 6.61 Å². The molecule has 78 valence electrons. The molecule has 0 bridgehead atoms. The van der Waals surface area contributed by atoms with Crippen LogP contribution in [0.15, 0.2) is 0 Å². The van der Waals surface area contributed by atoms with Crippen LogP contribution in [0.1, 0.15) is 39.5 Å². The van der Waals surface area contributed by atoms with E-state index < -0.39 is 0 Å². The third-order valence-corrected chi connectivity index (χ3v) is 3.06. The van der Waals surface area contributed by atoms with Gasteiger partial charge in [0.15, 0.2) is 0 Å². The van der Waals surface area contributed by atoms with Crippen molar-refractivity contribution in [2.24, 2.45) is 11.8 Å². The Morgan fingerprint density at radius 1 is 1.54 bits per heavy atom. The molecular formula is C10H22N2O. The fourth-order valence-electron chi connectivity index (χ4n) is 1.94. The second-order valence-electron chi connectivity index (χ2n) is 3.98. The maximum absolute atomic E-state index is 5.71. The van der Waals surface area contributed by atoms with Crippen molar-refractivity contribution in [1.29, 1.82) is 0 Å². The molecule has 13 heavy (non-hydrogen) atoms. The highest BCUT2D eigenvalue weighted by atomic mass is 16.5. The van der Waals surface area contributed by atoms with Gasteiger partial charge in [0.25, 0.3) is 0 Å². The maximum atomic E-state index is 5.71. The number of ether oxygens (including phenoxy) is 1. The number of nitrogens with one attached hydrogen (secondary N) is 1. The van der Waals surface area contributed by atoms with E-state index in [1.165, 1.54) is 12.8 Å². The second-order valence-corrected chi connectivity index (χ2v) is 3.98. The van der Waals surface area contributed by atoms with E-state index in [0.717, 1.165) is 19.4 Å². The average molecular weight is 186 g/mol. The molecular weight excluding hydrogens is 164 g/mol. The van der Waals surface area contributed by atoms with Crippen LogP contribution >= 0.6 is 0 Å². The minimum atomic E-state index is 0.324. The number of nitrogens with two attached hydrogens (primary N) is 1. The Labute approximate surface area is 81.0 Å². The molecule has 0 aromatic rings. The van der Waals surface area contributed by atoms with E-state index >= 15 is 0 Å². The third-order valence-electron chi connectivity index (χ3n) is 3.06. The first kappa shape index (κ1) is 11.0. The van der Waals surface area contributed by atoms with Gasteiger partial charge in [0.2, 0.25) is 0 Å². The van der Waals surface area contributed by atoms with E-state index in [0.29, 0.717) is 18.1 Å². The highest BCUT2D eigenvalue weighted by Gasteiger charge is 2.26. The molecule has 0 aliphatic carbocycles. The number of hydrogen-bond donors (Lipinski definition) is 2. The summed E-state index contributed by atoms with van der Waals surface area (Å²) in [6.45, 7) is 5.32. The van der Waals surface area contributed by atoms with Gasteiger partial charge >= 0.3 is 0 Å². The van der Waals surface area contributed by atoms with Gasteiger partial charge in [-0.15, -0.1) is 0 Å². The zero-order valence-electron chi connectivity index (χ0n) is 8.75. The van der Waals surface area contributed by atoms with Crippen LogP contribution in [-0.2, 0) is 4.74 Å². The highest BCUT2D eigenvalue weighted by Crippen LogP contribution is 2.21. The Balaban J connectivity index is 2.43. The molecule has 1 rings (SSSR count). The monoisotopic (exact) mass is 186 g/mol. The summed E-state index contributed by atoms with van der Waals surface area (Å²) in [4.78, 5) is 0. The van der Waals surface area contributed by atoms with Crippen LogP contribution in [0, 0.1) is 5.92 Å². The van der Waals surface area contributed by atoms with Crippen LogP contribution in [0.5, 0.6) is 0 Å². The lowest BCUT2D eigenvalue weighted by atomic mass is 9.91. The molecule has 0 aromatic heterocycles. The Hall–Kier alpha value is -0.120. The first-order valence-corrected chi connectivity index (χ1v) is 5.37. The predicted molar refractivity (Wildman–Crippen MR) is 54.2 cm³/mol. The Bertz CT molecular complexity index is 135. The smallest absolute Gasteiger partial charge is 0.0744 e. The SMILES string of the molecule is CCC(C)C(NN)C1CCCCO1. The van der Waals surface area contributed by atoms with Gasteiger partial charge in [0.05, 0.1) is 6.10 Å². The third kappa shape index (κ3) is 2.93. The molecule has 3 unspecified atom stereocenters. The quantitative estimate of drug-likeness (QED) is 0.516. The van der Waals surface area contributed by atoms with E-state index in [1.807, 2.05) is 0 Å². The van der Waals surface area contributed by atoms with Gasteiger partial charge in [0, 0.05) is 12.6 Å². The zero-order chi connectivity index (χ0) is 9.68. The summed E-state index contributed by atoms with van der Waals surface area (Å²) in [6, 6.07) is 0.324. The van der Waals surface area contributed by atoms with Gasteiger partial charge in [-0.1, -0.05) is 20.3 Å². The van der Waals surface area contributed by atoms with Gasteiger partial charge < -0.3 is 4.74 Å². The number of hydrogen-bond acceptors (Lipinski definition) is 3. The molecule has 1 aliphatic rings. The van der Waals surface area contributed by atoms with Gasteiger partial charge in [-0.3, -0.25) is 11.3 Å². The van der Waals surface area contributed by atoms with Crippen LogP contribution < -0.4 is 11.3 Å². The highest BCUT2D eigenvalue weighted by molar-refractivity contribution is 4.81. The molecule has 0 amide bonds. The summed E-state index contributed by atoms with van der Waals surface area (Å²) < 4.78 is 5.71. The predicted octanol–water partition coefficient (Wildman–Crippen LogP) is 1.43. The van der Waals surface area contributed by atoms with Gasteiger partial charge in [-0.05, 0) is 25.2 Å². The summed E-state index contributed by atoms with van der Waals surface area (Å²) in [6.07, 6.45) is 5.11. The van der Waals surface area contributed by atoms with Gasteiger partial charge in [-0.25, -0.2) is 0 Å². The molecule has 1 heterocycles. The summed E-state index contributed by atoms with van der Waals surface area (Å²) in [7, 11) is 0. The van der Waals surface area contributed by atoms with Crippen molar-refractivity contribution >= 4 is 0 Å². The topological polar surface area (TPSA) is 47.3 Å². The summed E-state index contributed by atoms with van der Waals surface area (Å²) in [5, 5.41) is 0. The van der Waals surface area contributed by atoms with Crippen LogP contribution in [0.2, 0.25) is 0 Å². The lowest BCUT2D eigenvalue weighted by Gasteiger charge is -2.33. The van der Waals surface area contributed by atoms with E-state index in [1.54, 1.807) is 0 Å². The zero-order valence-corrected chi connectivity index (χ0v) is 8.75. The molecule has 3 heteroatoms. The van der Waals surface area contributed by atoms with Crippen LogP contribution in [-0.4, -0.2) is 18.8 Å². The molecule has 0 radical (unpaired) electrons. The Morgan fingerprint density at radius 3 is 2.77 bits per heavy atom. The van der Waals surface area contributed by atoms with E-state index in [-0.39, 0.29) is 0 Å². The van der Waals surface area contributed by atoms with E-state index in [9.17, 15) is 0 Å². The lowest BCUT2D eigenvalue weighted by molar-refractivity contribution is -0.0197. The minimum Gasteiger partial charge on any atom is -0.377 e. The second kappa shape index (κ2) is 5.58. The van der Waals surface area contributed by atoms with Crippen molar-refractivity contribution in [3.05, 3.63) is 0 Å². The van der Waals surface area contributed by atoms with Crippen LogP contribution in [0.3, 0.4) is 0 Å². The van der Waals surface area contributed by atoms with Crippen molar-refractivity contribution in [3.8, 4) is 0 Å². The first-order valence-electron chi connectivity index (χ1n) is 5.37. The summed E-state index contributed by atoms with van der Waals surface area (Å²) >= 11 is 0. The molecule has 1 aliphatic heterocycles. The Kier molecular flexibility index (Phi) is 4.70. The minimum absolute atomic E-state index is 0.324. The number of rotatable bonds is 4. The van der Waals surface area contributed by atoms with Gasteiger partial charge in [0.1, 0.15) is 0 Å². The molecule has 1 saturated heterocycles. The molecule has 1 fully saturated rings. The fraction of sp³-hybridized carbons (Fsp3) is 1.00. The van der Waals surface area contributed by atoms with Crippen molar-refractivity contribution < 1.29 is 4.74 Å². The maximum Gasteiger partial charge on any atom is 0.0744 e. The van der Waals surface area contributed by atoms with Crippen LogP contribution in [0.25, 0.3) is 0 Å². The fourth-order valence-corrected chi connectivity index (χ4v) is 1.94. The van der Waals surface area contributed by atoms with E-state index in [2.05, 4.69) is 19.3 Å². The Morgan fingerprint density at radius 2 is 2.31 bits per heavy atom. The lowest BCUT2D eigenvalue weighted by Crippen LogP contribution is -2.50. The van der Waals surface area contributed by atoms with Crippen molar-refractivity contribution in [2.45, 2.75) is 51.7 Å². The first-order chi connectivity index (χ1) is 6.29. The van der Waals surface area contributed by atoms with Gasteiger partial charge in [-0.2, -0.15) is 0 Å². The number of hydrazine groups is 1. The molecule has 0 spiro atoms.